The number of hydrogen-bond acceptors (Lipinski definition) is 6. The normalized spacial score (nSPS) is 16.2. The lowest BCUT2D eigenvalue weighted by molar-refractivity contribution is 0.0604. The van der Waals surface area contributed by atoms with Crippen molar-refractivity contribution in [1.82, 2.24) is 0 Å². The predicted octanol–water partition coefficient (Wildman–Crippen LogP) is 2.82. The maximum atomic E-state index is 12.8. The monoisotopic (exact) mass is 394 g/mol. The third kappa shape index (κ3) is 5.45. The molecule has 0 aliphatic carbocycles. The Morgan fingerprint density at radius 1 is 0.667 bits per heavy atom. The van der Waals surface area contributed by atoms with E-state index in [4.69, 9.17) is 9.47 Å². The zero-order chi connectivity index (χ0) is 20.2. The van der Waals surface area contributed by atoms with Gasteiger partial charge in [0.15, 0.2) is 0 Å². The highest BCUT2D eigenvalue weighted by atomic mass is 32.2. The van der Waals surface area contributed by atoms with Gasteiger partial charge in [0.1, 0.15) is 23.7 Å². The Balaban J connectivity index is 2.15. The molecule has 2 aromatic rings. The lowest BCUT2D eigenvalue weighted by Gasteiger charge is -2.18. The summed E-state index contributed by atoms with van der Waals surface area (Å²) in [6.07, 6.45) is -2.07. The lowest BCUT2D eigenvalue weighted by atomic mass is 10.2. The van der Waals surface area contributed by atoms with Crippen LogP contribution in [-0.4, -0.2) is 43.0 Å². The predicted molar refractivity (Wildman–Crippen MR) is 102 cm³/mol. The molecule has 0 saturated carbocycles. The molecule has 6 nitrogen and oxygen atoms in total. The maximum absolute atomic E-state index is 12.8. The van der Waals surface area contributed by atoms with Crippen molar-refractivity contribution in [2.24, 2.45) is 0 Å². The number of hydrogen-bond donors (Lipinski definition) is 2. The lowest BCUT2D eigenvalue weighted by Crippen LogP contribution is -2.25. The molecule has 0 heterocycles. The van der Waals surface area contributed by atoms with Gasteiger partial charge < -0.3 is 19.7 Å². The second-order valence-corrected chi connectivity index (χ2v) is 8.52. The smallest absolute Gasteiger partial charge is 0.206 e. The fraction of sp³-hybridized carbons (Fsp3) is 0.400. The van der Waals surface area contributed by atoms with Gasteiger partial charge in [-0.25, -0.2) is 8.42 Å². The molecule has 0 fully saturated rings. The molecule has 4 atom stereocenters. The van der Waals surface area contributed by atoms with Gasteiger partial charge in [-0.15, -0.1) is 0 Å². The van der Waals surface area contributed by atoms with Gasteiger partial charge in [-0.05, 0) is 76.2 Å². The van der Waals surface area contributed by atoms with Crippen LogP contribution in [0.4, 0.5) is 0 Å². The van der Waals surface area contributed by atoms with Crippen LogP contribution in [0, 0.1) is 0 Å². The molecule has 0 saturated heterocycles. The second-order valence-electron chi connectivity index (χ2n) is 6.57. The first-order chi connectivity index (χ1) is 12.6. The molecule has 0 spiro atoms. The largest absolute Gasteiger partial charge is 0.488 e. The molecule has 7 heteroatoms. The van der Waals surface area contributed by atoms with Crippen molar-refractivity contribution in [3.63, 3.8) is 0 Å². The molecule has 0 aliphatic rings. The molecular weight excluding hydrogens is 368 g/mol. The minimum absolute atomic E-state index is 0.144. The van der Waals surface area contributed by atoms with Crippen molar-refractivity contribution in [2.75, 3.05) is 0 Å². The summed E-state index contributed by atoms with van der Waals surface area (Å²) in [7, 11) is -3.67. The molecule has 0 bridgehead atoms. The SMILES string of the molecule is CC(O)C(C)Oc1ccc(S(=O)(=O)c2ccc(OC(C)C(C)O)cc2)cc1. The summed E-state index contributed by atoms with van der Waals surface area (Å²) in [6, 6.07) is 12.1. The zero-order valence-electron chi connectivity index (χ0n) is 15.9. The van der Waals surface area contributed by atoms with E-state index in [2.05, 4.69) is 0 Å². The quantitative estimate of drug-likeness (QED) is 0.715. The van der Waals surface area contributed by atoms with Crippen LogP contribution in [-0.2, 0) is 9.84 Å². The van der Waals surface area contributed by atoms with E-state index in [0.717, 1.165) is 0 Å². The van der Waals surface area contributed by atoms with Crippen molar-refractivity contribution >= 4 is 9.84 Å². The van der Waals surface area contributed by atoms with Crippen molar-refractivity contribution in [3.8, 4) is 11.5 Å². The Kier molecular flexibility index (Phi) is 6.86. The number of aliphatic hydroxyl groups is 2. The summed E-state index contributed by atoms with van der Waals surface area (Å²) < 4.78 is 36.6. The third-order valence-electron chi connectivity index (χ3n) is 4.27. The molecule has 4 unspecified atom stereocenters. The van der Waals surface area contributed by atoms with Crippen LogP contribution in [0.5, 0.6) is 11.5 Å². The van der Waals surface area contributed by atoms with Gasteiger partial charge in [-0.3, -0.25) is 0 Å². The molecule has 0 aliphatic heterocycles. The van der Waals surface area contributed by atoms with Crippen molar-refractivity contribution < 1.29 is 28.1 Å². The Labute approximate surface area is 160 Å². The molecule has 0 aromatic heterocycles. The highest BCUT2D eigenvalue weighted by molar-refractivity contribution is 7.91. The van der Waals surface area contributed by atoms with Crippen LogP contribution >= 0.6 is 0 Å². The highest BCUT2D eigenvalue weighted by Gasteiger charge is 2.19. The molecule has 2 rings (SSSR count). The fourth-order valence-corrected chi connectivity index (χ4v) is 3.42. The van der Waals surface area contributed by atoms with E-state index in [1.54, 1.807) is 52.0 Å². The minimum atomic E-state index is -3.67. The van der Waals surface area contributed by atoms with Crippen LogP contribution in [0.3, 0.4) is 0 Å². The fourth-order valence-electron chi connectivity index (χ4n) is 2.16. The third-order valence-corrected chi connectivity index (χ3v) is 6.06. The summed E-state index contributed by atoms with van der Waals surface area (Å²) in [5, 5.41) is 19.0. The Morgan fingerprint density at radius 3 is 1.22 bits per heavy atom. The van der Waals surface area contributed by atoms with Crippen molar-refractivity contribution in [2.45, 2.75) is 61.9 Å². The summed E-state index contributed by atoms with van der Waals surface area (Å²) in [6.45, 7) is 6.71. The van der Waals surface area contributed by atoms with Gasteiger partial charge >= 0.3 is 0 Å². The van der Waals surface area contributed by atoms with Gasteiger partial charge in [0, 0.05) is 0 Å². The van der Waals surface area contributed by atoms with E-state index in [0.29, 0.717) is 11.5 Å². The Bertz CT molecular complexity index is 760. The van der Waals surface area contributed by atoms with E-state index in [-0.39, 0.29) is 9.79 Å². The Hall–Kier alpha value is -2.09. The van der Waals surface area contributed by atoms with E-state index >= 15 is 0 Å². The molecule has 0 amide bonds. The molecule has 148 valence electrons. The van der Waals surface area contributed by atoms with Crippen LogP contribution in [0.1, 0.15) is 27.7 Å². The van der Waals surface area contributed by atoms with Gasteiger partial charge in [0.25, 0.3) is 0 Å². The average Bonchev–Trinajstić information content (AvgIpc) is 2.62. The summed E-state index contributed by atoms with van der Waals surface area (Å²) >= 11 is 0. The van der Waals surface area contributed by atoms with Gasteiger partial charge in [-0.2, -0.15) is 0 Å². The molecule has 0 radical (unpaired) electrons. The van der Waals surface area contributed by atoms with Crippen molar-refractivity contribution in [1.29, 1.82) is 0 Å². The van der Waals surface area contributed by atoms with E-state index in [9.17, 15) is 18.6 Å². The molecular formula is C20H26O6S. The number of ether oxygens (including phenoxy) is 2. The number of aliphatic hydroxyl groups excluding tert-OH is 2. The topological polar surface area (TPSA) is 93.1 Å². The highest BCUT2D eigenvalue weighted by Crippen LogP contribution is 2.25. The molecule has 27 heavy (non-hydrogen) atoms. The van der Waals surface area contributed by atoms with Crippen LogP contribution in [0.15, 0.2) is 58.3 Å². The van der Waals surface area contributed by atoms with Crippen LogP contribution in [0.25, 0.3) is 0 Å². The van der Waals surface area contributed by atoms with Crippen LogP contribution in [0.2, 0.25) is 0 Å². The van der Waals surface area contributed by atoms with Gasteiger partial charge in [0.2, 0.25) is 9.84 Å². The van der Waals surface area contributed by atoms with Crippen LogP contribution < -0.4 is 9.47 Å². The first kappa shape index (κ1) is 21.2. The second kappa shape index (κ2) is 8.73. The van der Waals surface area contributed by atoms with Gasteiger partial charge in [0.05, 0.1) is 22.0 Å². The first-order valence-electron chi connectivity index (χ1n) is 8.76. The number of rotatable bonds is 8. The molecule has 2 aromatic carbocycles. The standard InChI is InChI=1S/C20H26O6S/c1-13(21)15(3)25-17-5-9-19(10-6-17)27(23,24)20-11-7-18(8-12-20)26-16(4)14(2)22/h5-16,21-22H,1-4H3. The minimum Gasteiger partial charge on any atom is -0.488 e. The summed E-state index contributed by atoms with van der Waals surface area (Å²) in [5.41, 5.74) is 0. The van der Waals surface area contributed by atoms with E-state index in [1.807, 2.05) is 0 Å². The molecule has 2 N–H and O–H groups in total. The zero-order valence-corrected chi connectivity index (χ0v) is 16.7. The Morgan fingerprint density at radius 2 is 0.963 bits per heavy atom. The summed E-state index contributed by atoms with van der Waals surface area (Å²) in [5.74, 6) is 0.969. The first-order valence-corrected chi connectivity index (χ1v) is 10.2. The maximum Gasteiger partial charge on any atom is 0.206 e. The average molecular weight is 394 g/mol. The number of sulfone groups is 1. The summed E-state index contributed by atoms with van der Waals surface area (Å²) in [4.78, 5) is 0.288. The van der Waals surface area contributed by atoms with E-state index in [1.165, 1.54) is 24.3 Å². The van der Waals surface area contributed by atoms with Crippen molar-refractivity contribution in [3.05, 3.63) is 48.5 Å². The number of benzene rings is 2. The van der Waals surface area contributed by atoms with Gasteiger partial charge in [-0.1, -0.05) is 0 Å². The van der Waals surface area contributed by atoms with E-state index < -0.39 is 34.3 Å².